The number of carboxylic acids is 1. The smallest absolute Gasteiger partial charge is 0.335 e. The molecule has 184 valence electrons. The van der Waals surface area contributed by atoms with E-state index in [2.05, 4.69) is 4.99 Å². The lowest BCUT2D eigenvalue weighted by Gasteiger charge is -2.25. The molecular weight excluding hydrogens is 504 g/mol. The second-order valence-electron chi connectivity index (χ2n) is 8.36. The van der Waals surface area contributed by atoms with Gasteiger partial charge in [0.25, 0.3) is 0 Å². The van der Waals surface area contributed by atoms with Gasteiger partial charge in [-0.25, -0.2) is 9.18 Å². The third-order valence-electron chi connectivity index (χ3n) is 5.84. The number of carboxylic acid groups (broad SMARTS) is 1. The molecule has 0 spiro atoms. The monoisotopic (exact) mass is 525 g/mol. The first kappa shape index (κ1) is 25.6. The molecule has 3 aromatic rings. The van der Waals surface area contributed by atoms with Gasteiger partial charge < -0.3 is 9.84 Å². The van der Waals surface area contributed by atoms with E-state index in [1.165, 1.54) is 18.2 Å². The van der Waals surface area contributed by atoms with Crippen LogP contribution in [0.15, 0.2) is 71.7 Å². The summed E-state index contributed by atoms with van der Waals surface area (Å²) >= 11 is 12.3. The Balaban J connectivity index is 1.80. The molecule has 8 heteroatoms. The maximum absolute atomic E-state index is 14.7. The number of Topliss-reactive ketones (excluding diaryl/α,β-unsaturated/α-hetero) is 1. The van der Waals surface area contributed by atoms with E-state index in [9.17, 15) is 19.1 Å². The molecule has 0 radical (unpaired) electrons. The first-order valence-corrected chi connectivity index (χ1v) is 12.0. The first-order chi connectivity index (χ1) is 17.2. The molecule has 5 nitrogen and oxygen atoms in total. The molecule has 4 rings (SSSR count). The second kappa shape index (κ2) is 10.6. The molecule has 36 heavy (non-hydrogen) atoms. The number of benzene rings is 3. The number of halogens is 3. The van der Waals surface area contributed by atoms with Crippen LogP contribution in [0.5, 0.6) is 5.75 Å². The zero-order valence-electron chi connectivity index (χ0n) is 19.3. The maximum atomic E-state index is 14.7. The summed E-state index contributed by atoms with van der Waals surface area (Å²) < 4.78 is 20.7. The molecule has 0 saturated carbocycles. The van der Waals surface area contributed by atoms with Crippen LogP contribution in [-0.4, -0.2) is 35.2 Å². The van der Waals surface area contributed by atoms with Crippen LogP contribution in [0.2, 0.25) is 10.0 Å². The van der Waals surface area contributed by atoms with Crippen molar-refractivity contribution in [3.8, 4) is 16.9 Å². The molecule has 0 aliphatic carbocycles. The van der Waals surface area contributed by atoms with Gasteiger partial charge >= 0.3 is 5.97 Å². The summed E-state index contributed by atoms with van der Waals surface area (Å²) in [5.74, 6) is -1.51. The standard InChI is InChI=1S/C28H22Cl2FNO4/c1-2-12-36-25-9-5-17(22-14-18(27(34)35)4-8-24(22)31)13-19(25)16-28(10-3-11-32-28)26(33)21-7-6-20(29)15-23(21)30/h3-11,13-15H,2,12,16H2,1H3,(H,34,35). The summed E-state index contributed by atoms with van der Waals surface area (Å²) in [5.41, 5.74) is 0.145. The van der Waals surface area contributed by atoms with Crippen molar-refractivity contribution >= 4 is 41.2 Å². The largest absolute Gasteiger partial charge is 0.493 e. The molecular formula is C28H22Cl2FNO4. The van der Waals surface area contributed by atoms with Crippen molar-refractivity contribution in [3.63, 3.8) is 0 Å². The molecule has 1 unspecified atom stereocenters. The fraction of sp³-hybridized carbons (Fsp3) is 0.179. The number of rotatable bonds is 9. The van der Waals surface area contributed by atoms with Gasteiger partial charge in [0.2, 0.25) is 0 Å². The number of ketones is 1. The predicted molar refractivity (Wildman–Crippen MR) is 139 cm³/mol. The van der Waals surface area contributed by atoms with Crippen LogP contribution in [-0.2, 0) is 6.42 Å². The van der Waals surface area contributed by atoms with Gasteiger partial charge in [-0.15, -0.1) is 0 Å². The van der Waals surface area contributed by atoms with Crippen LogP contribution in [0.1, 0.15) is 39.6 Å². The highest BCUT2D eigenvalue weighted by Crippen LogP contribution is 2.36. The minimum absolute atomic E-state index is 0.0355. The molecule has 1 N–H and O–H groups in total. The third-order valence-corrected chi connectivity index (χ3v) is 6.39. The minimum atomic E-state index is -1.29. The number of hydrogen-bond acceptors (Lipinski definition) is 4. The van der Waals surface area contributed by atoms with Crippen molar-refractivity contribution < 1.29 is 23.8 Å². The first-order valence-electron chi connectivity index (χ1n) is 11.3. The molecule has 0 bridgehead atoms. The quantitative estimate of drug-likeness (QED) is 0.302. The molecule has 0 amide bonds. The molecule has 1 heterocycles. The summed E-state index contributed by atoms with van der Waals surface area (Å²) in [6, 6.07) is 13.3. The molecule has 0 fully saturated rings. The van der Waals surface area contributed by atoms with Gasteiger partial charge in [-0.05, 0) is 78.2 Å². The normalized spacial score (nSPS) is 16.3. The number of ether oxygens (including phenoxy) is 1. The van der Waals surface area contributed by atoms with E-state index in [-0.39, 0.29) is 33.9 Å². The van der Waals surface area contributed by atoms with Crippen molar-refractivity contribution in [3.05, 3.63) is 99.3 Å². The van der Waals surface area contributed by atoms with Crippen molar-refractivity contribution in [1.82, 2.24) is 0 Å². The number of carbonyl (C=O) groups is 2. The number of nitrogens with zero attached hydrogens (tertiary/aromatic N) is 1. The predicted octanol–water partition coefficient (Wildman–Crippen LogP) is 7.09. The molecule has 0 aromatic heterocycles. The Hall–Kier alpha value is -3.48. The molecule has 0 saturated heterocycles. The van der Waals surface area contributed by atoms with Gasteiger partial charge in [0.05, 0.1) is 17.2 Å². The number of allylic oxidation sites excluding steroid dienone is 1. The van der Waals surface area contributed by atoms with Gasteiger partial charge in [-0.3, -0.25) is 9.79 Å². The average Bonchev–Trinajstić information content (AvgIpc) is 3.32. The van der Waals surface area contributed by atoms with Gasteiger partial charge in [0.1, 0.15) is 17.1 Å². The highest BCUT2D eigenvalue weighted by atomic mass is 35.5. The third kappa shape index (κ3) is 5.20. The van der Waals surface area contributed by atoms with E-state index >= 15 is 0 Å². The fourth-order valence-electron chi connectivity index (χ4n) is 4.06. The number of aromatic carboxylic acids is 1. The Labute approximate surface area is 217 Å². The average molecular weight is 526 g/mol. The van der Waals surface area contributed by atoms with Crippen molar-refractivity contribution in [1.29, 1.82) is 0 Å². The van der Waals surface area contributed by atoms with E-state index in [4.69, 9.17) is 27.9 Å². The Morgan fingerprint density at radius 3 is 2.56 bits per heavy atom. The molecule has 3 aromatic carbocycles. The maximum Gasteiger partial charge on any atom is 0.335 e. The summed E-state index contributed by atoms with van der Waals surface area (Å²) in [6.45, 7) is 2.41. The molecule has 1 atom stereocenters. The van der Waals surface area contributed by atoms with Crippen LogP contribution in [0.25, 0.3) is 11.1 Å². The highest BCUT2D eigenvalue weighted by molar-refractivity contribution is 6.37. The lowest BCUT2D eigenvalue weighted by molar-refractivity contribution is 0.0696. The van der Waals surface area contributed by atoms with E-state index in [1.54, 1.807) is 48.7 Å². The molecule has 1 aliphatic heterocycles. The molecule has 1 aliphatic rings. The van der Waals surface area contributed by atoms with Gasteiger partial charge in [-0.2, -0.15) is 0 Å². The van der Waals surface area contributed by atoms with E-state index in [0.717, 1.165) is 12.5 Å². The van der Waals surface area contributed by atoms with Crippen molar-refractivity contribution in [2.45, 2.75) is 25.3 Å². The van der Waals surface area contributed by atoms with E-state index in [0.29, 0.717) is 28.5 Å². The number of aliphatic imine (C=N–C) groups is 1. The van der Waals surface area contributed by atoms with E-state index in [1.807, 2.05) is 6.92 Å². The van der Waals surface area contributed by atoms with Gasteiger partial charge in [0, 0.05) is 28.8 Å². The van der Waals surface area contributed by atoms with Crippen LogP contribution >= 0.6 is 23.2 Å². The lowest BCUT2D eigenvalue weighted by atomic mass is 9.83. The number of hydrogen-bond donors (Lipinski definition) is 1. The number of carbonyl (C=O) groups excluding carboxylic acids is 1. The summed E-state index contributed by atoms with van der Waals surface area (Å²) in [5, 5.41) is 9.97. The second-order valence-corrected chi connectivity index (χ2v) is 9.21. The Morgan fingerprint density at radius 1 is 1.08 bits per heavy atom. The topological polar surface area (TPSA) is 76.0 Å². The Kier molecular flexibility index (Phi) is 7.57. The summed E-state index contributed by atoms with van der Waals surface area (Å²) in [7, 11) is 0. The lowest BCUT2D eigenvalue weighted by Crippen LogP contribution is -2.36. The zero-order chi connectivity index (χ0) is 25.9. The van der Waals surface area contributed by atoms with Gasteiger partial charge in [0.15, 0.2) is 5.78 Å². The summed E-state index contributed by atoms with van der Waals surface area (Å²) in [4.78, 5) is 29.6. The Morgan fingerprint density at radius 2 is 1.89 bits per heavy atom. The van der Waals surface area contributed by atoms with Crippen molar-refractivity contribution in [2.24, 2.45) is 4.99 Å². The van der Waals surface area contributed by atoms with E-state index < -0.39 is 17.3 Å². The van der Waals surface area contributed by atoms with Crippen LogP contribution in [0.4, 0.5) is 4.39 Å². The summed E-state index contributed by atoms with van der Waals surface area (Å²) in [6.07, 6.45) is 5.81. The zero-order valence-corrected chi connectivity index (χ0v) is 20.8. The fourth-order valence-corrected chi connectivity index (χ4v) is 4.55. The SMILES string of the molecule is CCCOc1ccc(-c2cc(C(=O)O)ccc2F)cc1CC1(C(=O)c2ccc(Cl)cc2Cl)C=CC=N1. The Bertz CT molecular complexity index is 1390. The highest BCUT2D eigenvalue weighted by Gasteiger charge is 2.39. The van der Waals surface area contributed by atoms with Crippen LogP contribution in [0.3, 0.4) is 0 Å². The minimum Gasteiger partial charge on any atom is -0.493 e. The van der Waals surface area contributed by atoms with Gasteiger partial charge in [-0.1, -0.05) is 36.2 Å². The van der Waals surface area contributed by atoms with Crippen molar-refractivity contribution in [2.75, 3.05) is 6.61 Å². The van der Waals surface area contributed by atoms with Crippen LogP contribution < -0.4 is 4.74 Å². The van der Waals surface area contributed by atoms with Crippen LogP contribution in [0, 0.1) is 5.82 Å².